The molecule has 0 aliphatic heterocycles. The van der Waals surface area contributed by atoms with Gasteiger partial charge in [0, 0.05) is 10.6 Å². The van der Waals surface area contributed by atoms with Crippen LogP contribution >= 0.6 is 23.4 Å². The third-order valence-corrected chi connectivity index (χ3v) is 5.30. The summed E-state index contributed by atoms with van der Waals surface area (Å²) in [4.78, 5) is 0.978. The fourth-order valence-corrected chi connectivity index (χ4v) is 3.67. The van der Waals surface area contributed by atoms with Crippen LogP contribution in [0.2, 0.25) is 5.02 Å². The van der Waals surface area contributed by atoms with Crippen LogP contribution in [0.25, 0.3) is 0 Å². The Hall–Kier alpha value is -1.68. The standard InChI is InChI=1S/C14H11ClN2O2S2/c1-20-12-5-3-11(4-6-12)17-21(18,19)14-7-2-10(9-16)8-13(14)15/h2-8,17H,1H3. The molecule has 0 saturated heterocycles. The molecule has 1 N–H and O–H groups in total. The molecule has 2 aromatic carbocycles. The van der Waals surface area contributed by atoms with E-state index in [1.54, 1.807) is 23.9 Å². The fourth-order valence-electron chi connectivity index (χ4n) is 1.66. The summed E-state index contributed by atoms with van der Waals surface area (Å²) in [6.45, 7) is 0. The van der Waals surface area contributed by atoms with Crippen molar-refractivity contribution in [3.8, 4) is 6.07 Å². The quantitative estimate of drug-likeness (QED) is 0.862. The van der Waals surface area contributed by atoms with Crippen molar-refractivity contribution in [1.82, 2.24) is 0 Å². The first kappa shape index (κ1) is 15.7. The van der Waals surface area contributed by atoms with Gasteiger partial charge in [-0.2, -0.15) is 5.26 Å². The van der Waals surface area contributed by atoms with Crippen molar-refractivity contribution >= 4 is 39.1 Å². The van der Waals surface area contributed by atoms with Gasteiger partial charge in [-0.1, -0.05) is 11.6 Å². The van der Waals surface area contributed by atoms with Crippen molar-refractivity contribution in [3.63, 3.8) is 0 Å². The number of halogens is 1. The summed E-state index contributed by atoms with van der Waals surface area (Å²) < 4.78 is 27.0. The first-order chi connectivity index (χ1) is 9.96. The molecule has 4 nitrogen and oxygen atoms in total. The van der Waals surface area contributed by atoms with Crippen LogP contribution in [0.1, 0.15) is 5.56 Å². The Morgan fingerprint density at radius 1 is 1.19 bits per heavy atom. The van der Waals surface area contributed by atoms with E-state index in [1.165, 1.54) is 18.2 Å². The minimum absolute atomic E-state index is 0.0160. The van der Waals surface area contributed by atoms with E-state index in [0.717, 1.165) is 4.90 Å². The summed E-state index contributed by atoms with van der Waals surface area (Å²) in [6, 6.07) is 13.0. The molecule has 21 heavy (non-hydrogen) atoms. The van der Waals surface area contributed by atoms with Crippen molar-refractivity contribution < 1.29 is 8.42 Å². The molecule has 0 radical (unpaired) electrons. The highest BCUT2D eigenvalue weighted by Crippen LogP contribution is 2.25. The number of nitriles is 1. The Morgan fingerprint density at radius 3 is 2.38 bits per heavy atom. The summed E-state index contributed by atoms with van der Waals surface area (Å²) in [5.74, 6) is 0. The van der Waals surface area contributed by atoms with Gasteiger partial charge in [-0.05, 0) is 48.7 Å². The maximum Gasteiger partial charge on any atom is 0.263 e. The van der Waals surface area contributed by atoms with E-state index in [0.29, 0.717) is 11.3 Å². The lowest BCUT2D eigenvalue weighted by Crippen LogP contribution is -2.13. The molecule has 7 heteroatoms. The van der Waals surface area contributed by atoms with E-state index in [4.69, 9.17) is 16.9 Å². The molecular weight excluding hydrogens is 328 g/mol. The van der Waals surface area contributed by atoms with E-state index < -0.39 is 10.0 Å². The van der Waals surface area contributed by atoms with Crippen LogP contribution in [0.5, 0.6) is 0 Å². The van der Waals surface area contributed by atoms with Crippen molar-refractivity contribution in [1.29, 1.82) is 5.26 Å². The van der Waals surface area contributed by atoms with E-state index in [1.807, 2.05) is 24.5 Å². The van der Waals surface area contributed by atoms with Gasteiger partial charge >= 0.3 is 0 Å². The maximum atomic E-state index is 12.3. The van der Waals surface area contributed by atoms with Crippen LogP contribution in [0.4, 0.5) is 5.69 Å². The van der Waals surface area contributed by atoms with E-state index in [9.17, 15) is 8.42 Å². The molecule has 0 heterocycles. The molecule has 0 fully saturated rings. The summed E-state index contributed by atoms with van der Waals surface area (Å²) in [5, 5.41) is 8.78. The Kier molecular flexibility index (Phi) is 4.78. The van der Waals surface area contributed by atoms with Crippen LogP contribution in [0, 0.1) is 11.3 Å². The van der Waals surface area contributed by atoms with E-state index in [-0.39, 0.29) is 9.92 Å². The summed E-state index contributed by atoms with van der Waals surface area (Å²) in [7, 11) is -3.79. The topological polar surface area (TPSA) is 70.0 Å². The first-order valence-corrected chi connectivity index (χ1v) is 8.91. The summed E-state index contributed by atoms with van der Waals surface area (Å²) in [6.07, 6.45) is 1.94. The van der Waals surface area contributed by atoms with Gasteiger partial charge in [0.15, 0.2) is 0 Å². The molecule has 0 spiro atoms. The zero-order chi connectivity index (χ0) is 15.5. The highest BCUT2D eigenvalue weighted by Gasteiger charge is 2.18. The van der Waals surface area contributed by atoms with Gasteiger partial charge in [-0.3, -0.25) is 4.72 Å². The minimum atomic E-state index is -3.79. The normalized spacial score (nSPS) is 10.9. The van der Waals surface area contributed by atoms with Crippen LogP contribution in [0.3, 0.4) is 0 Å². The molecular formula is C14H11ClN2O2S2. The second-order valence-electron chi connectivity index (χ2n) is 4.09. The molecule has 0 bridgehead atoms. The highest BCUT2D eigenvalue weighted by atomic mass is 35.5. The minimum Gasteiger partial charge on any atom is -0.280 e. The van der Waals surface area contributed by atoms with Crippen molar-refractivity contribution in [3.05, 3.63) is 53.1 Å². The molecule has 0 amide bonds. The molecule has 2 rings (SSSR count). The second-order valence-corrected chi connectivity index (χ2v) is 7.03. The molecule has 0 saturated carbocycles. The van der Waals surface area contributed by atoms with Crippen LogP contribution < -0.4 is 4.72 Å². The Balaban J connectivity index is 2.31. The van der Waals surface area contributed by atoms with Gasteiger partial charge in [-0.15, -0.1) is 11.8 Å². The Labute approximate surface area is 132 Å². The van der Waals surface area contributed by atoms with Gasteiger partial charge in [0.25, 0.3) is 10.0 Å². The van der Waals surface area contributed by atoms with Gasteiger partial charge in [-0.25, -0.2) is 8.42 Å². The molecule has 0 unspecified atom stereocenters. The van der Waals surface area contributed by atoms with Crippen LogP contribution in [-0.4, -0.2) is 14.7 Å². The predicted molar refractivity (Wildman–Crippen MR) is 85.2 cm³/mol. The molecule has 0 atom stereocenters. The average Bonchev–Trinajstić information content (AvgIpc) is 2.47. The maximum absolute atomic E-state index is 12.3. The van der Waals surface area contributed by atoms with Crippen molar-refractivity contribution in [2.75, 3.05) is 11.0 Å². The SMILES string of the molecule is CSc1ccc(NS(=O)(=O)c2ccc(C#N)cc2Cl)cc1. The molecule has 2 aromatic rings. The van der Waals surface area contributed by atoms with E-state index >= 15 is 0 Å². The summed E-state index contributed by atoms with van der Waals surface area (Å²) in [5.41, 5.74) is 0.761. The highest BCUT2D eigenvalue weighted by molar-refractivity contribution is 7.98. The number of thioether (sulfide) groups is 1. The lowest BCUT2D eigenvalue weighted by Gasteiger charge is -2.10. The monoisotopic (exact) mass is 338 g/mol. The van der Waals surface area contributed by atoms with Crippen LogP contribution in [0.15, 0.2) is 52.3 Å². The average molecular weight is 339 g/mol. The van der Waals surface area contributed by atoms with Gasteiger partial charge in [0.05, 0.1) is 16.7 Å². The first-order valence-electron chi connectivity index (χ1n) is 5.83. The molecule has 108 valence electrons. The molecule has 0 aromatic heterocycles. The summed E-state index contributed by atoms with van der Waals surface area (Å²) >= 11 is 7.50. The predicted octanol–water partition coefficient (Wildman–Crippen LogP) is 3.73. The largest absolute Gasteiger partial charge is 0.280 e. The lowest BCUT2D eigenvalue weighted by atomic mass is 10.2. The Bertz CT molecular complexity index is 797. The molecule has 0 aliphatic rings. The van der Waals surface area contributed by atoms with Crippen molar-refractivity contribution in [2.45, 2.75) is 9.79 Å². The zero-order valence-electron chi connectivity index (χ0n) is 11.0. The number of anilines is 1. The number of nitrogens with one attached hydrogen (secondary N) is 1. The van der Waals surface area contributed by atoms with Gasteiger partial charge < -0.3 is 0 Å². The van der Waals surface area contributed by atoms with Crippen molar-refractivity contribution in [2.24, 2.45) is 0 Å². The number of hydrogen-bond donors (Lipinski definition) is 1. The van der Waals surface area contributed by atoms with Gasteiger partial charge in [0.2, 0.25) is 0 Å². The zero-order valence-corrected chi connectivity index (χ0v) is 13.4. The molecule has 0 aliphatic carbocycles. The van der Waals surface area contributed by atoms with E-state index in [2.05, 4.69) is 4.72 Å². The lowest BCUT2D eigenvalue weighted by molar-refractivity contribution is 0.601. The fraction of sp³-hybridized carbons (Fsp3) is 0.0714. The number of nitrogens with zero attached hydrogens (tertiary/aromatic N) is 1. The number of hydrogen-bond acceptors (Lipinski definition) is 4. The number of rotatable bonds is 4. The van der Waals surface area contributed by atoms with Gasteiger partial charge in [0.1, 0.15) is 4.90 Å². The number of benzene rings is 2. The van der Waals surface area contributed by atoms with Crippen LogP contribution in [-0.2, 0) is 10.0 Å². The third kappa shape index (κ3) is 3.70. The third-order valence-electron chi connectivity index (χ3n) is 2.69. The smallest absolute Gasteiger partial charge is 0.263 e. The second kappa shape index (κ2) is 6.39. The number of sulfonamides is 1. The Morgan fingerprint density at radius 2 is 1.86 bits per heavy atom.